The summed E-state index contributed by atoms with van der Waals surface area (Å²) >= 11 is 5.93. The number of halogens is 1. The van der Waals surface area contributed by atoms with Crippen LogP contribution < -0.4 is 20.5 Å². The molecular formula is C19H20ClN3O5. The van der Waals surface area contributed by atoms with Gasteiger partial charge in [0.1, 0.15) is 11.5 Å². The molecule has 0 aromatic heterocycles. The van der Waals surface area contributed by atoms with Gasteiger partial charge in [-0.3, -0.25) is 14.4 Å². The lowest BCUT2D eigenvalue weighted by atomic mass is 10.2. The van der Waals surface area contributed by atoms with Crippen LogP contribution in [-0.4, -0.2) is 49.9 Å². The Morgan fingerprint density at radius 2 is 1.82 bits per heavy atom. The van der Waals surface area contributed by atoms with Gasteiger partial charge in [0.15, 0.2) is 6.61 Å². The molecule has 28 heavy (non-hydrogen) atoms. The largest absolute Gasteiger partial charge is 0.495 e. The first-order valence-electron chi connectivity index (χ1n) is 8.20. The number of amides is 3. The van der Waals surface area contributed by atoms with Crippen molar-refractivity contribution >= 4 is 35.0 Å². The lowest BCUT2D eigenvalue weighted by molar-refractivity contribution is -0.135. The van der Waals surface area contributed by atoms with Gasteiger partial charge in [-0.2, -0.15) is 0 Å². The van der Waals surface area contributed by atoms with Crippen LogP contribution in [0.1, 0.15) is 10.4 Å². The summed E-state index contributed by atoms with van der Waals surface area (Å²) < 4.78 is 10.5. The third-order valence-corrected chi connectivity index (χ3v) is 3.98. The van der Waals surface area contributed by atoms with E-state index in [0.29, 0.717) is 27.8 Å². The third-order valence-electron chi connectivity index (χ3n) is 3.74. The molecule has 8 nitrogen and oxygen atoms in total. The Balaban J connectivity index is 1.87. The molecule has 2 aromatic rings. The van der Waals surface area contributed by atoms with Gasteiger partial charge in [0.05, 0.1) is 19.3 Å². The fourth-order valence-electron chi connectivity index (χ4n) is 2.24. The second kappa shape index (κ2) is 9.61. The van der Waals surface area contributed by atoms with E-state index in [9.17, 15) is 14.4 Å². The maximum Gasteiger partial charge on any atom is 0.260 e. The van der Waals surface area contributed by atoms with Crippen molar-refractivity contribution in [2.24, 2.45) is 5.73 Å². The molecule has 0 aliphatic rings. The number of likely N-dealkylation sites (N-methyl/N-ethyl adjacent to an activating group) is 1. The molecule has 0 saturated carbocycles. The van der Waals surface area contributed by atoms with Gasteiger partial charge < -0.3 is 25.4 Å². The van der Waals surface area contributed by atoms with E-state index in [1.807, 2.05) is 0 Å². The number of rotatable bonds is 8. The maximum absolute atomic E-state index is 12.2. The number of nitrogens with one attached hydrogen (secondary N) is 1. The average Bonchev–Trinajstić information content (AvgIpc) is 2.66. The predicted molar refractivity (Wildman–Crippen MR) is 105 cm³/mol. The van der Waals surface area contributed by atoms with Crippen molar-refractivity contribution in [3.8, 4) is 11.5 Å². The smallest absolute Gasteiger partial charge is 0.260 e. The zero-order valence-electron chi connectivity index (χ0n) is 15.4. The molecule has 0 aliphatic heterocycles. The molecular weight excluding hydrogens is 386 g/mol. The van der Waals surface area contributed by atoms with Crippen LogP contribution in [0.3, 0.4) is 0 Å². The number of nitrogens with zero attached hydrogens (tertiary/aromatic N) is 1. The first-order valence-corrected chi connectivity index (χ1v) is 8.58. The molecule has 3 amide bonds. The highest BCUT2D eigenvalue weighted by atomic mass is 35.5. The molecule has 2 rings (SSSR count). The molecule has 3 N–H and O–H groups in total. The van der Waals surface area contributed by atoms with Crippen LogP contribution in [0.2, 0.25) is 5.02 Å². The summed E-state index contributed by atoms with van der Waals surface area (Å²) in [5.74, 6) is -0.506. The highest BCUT2D eigenvalue weighted by Crippen LogP contribution is 2.27. The molecule has 0 bridgehead atoms. The number of carbonyl (C=O) groups is 3. The minimum absolute atomic E-state index is 0.182. The summed E-state index contributed by atoms with van der Waals surface area (Å²) in [7, 11) is 2.96. The minimum atomic E-state index is -0.551. The number of nitrogens with two attached hydrogens (primary N) is 1. The molecule has 0 spiro atoms. The highest BCUT2D eigenvalue weighted by Gasteiger charge is 2.15. The van der Waals surface area contributed by atoms with Crippen LogP contribution in [-0.2, 0) is 9.59 Å². The molecule has 148 valence electrons. The van der Waals surface area contributed by atoms with Crippen molar-refractivity contribution in [3.05, 3.63) is 53.1 Å². The summed E-state index contributed by atoms with van der Waals surface area (Å²) in [6, 6.07) is 10.9. The van der Waals surface area contributed by atoms with Crippen LogP contribution in [0.4, 0.5) is 5.69 Å². The fraction of sp³-hybridized carbons (Fsp3) is 0.211. The van der Waals surface area contributed by atoms with Crippen molar-refractivity contribution in [2.75, 3.05) is 32.6 Å². The molecule has 0 fully saturated rings. The van der Waals surface area contributed by atoms with Crippen molar-refractivity contribution < 1.29 is 23.9 Å². The lowest BCUT2D eigenvalue weighted by Gasteiger charge is -2.18. The number of hydrogen-bond donors (Lipinski definition) is 2. The van der Waals surface area contributed by atoms with E-state index in [0.717, 1.165) is 0 Å². The van der Waals surface area contributed by atoms with Crippen molar-refractivity contribution in [1.82, 2.24) is 4.90 Å². The normalized spacial score (nSPS) is 10.1. The number of methoxy groups -OCH3 is 1. The van der Waals surface area contributed by atoms with Gasteiger partial charge in [-0.15, -0.1) is 0 Å². The van der Waals surface area contributed by atoms with Crippen LogP contribution in [0.15, 0.2) is 42.5 Å². The Bertz CT molecular complexity index is 870. The number of primary amides is 1. The van der Waals surface area contributed by atoms with E-state index in [-0.39, 0.29) is 13.2 Å². The molecule has 0 radical (unpaired) electrons. The Kier molecular flexibility index (Phi) is 7.22. The second-order valence-electron chi connectivity index (χ2n) is 5.82. The molecule has 0 aliphatic carbocycles. The summed E-state index contributed by atoms with van der Waals surface area (Å²) in [6.45, 7) is -0.446. The zero-order valence-corrected chi connectivity index (χ0v) is 16.2. The maximum atomic E-state index is 12.2. The van der Waals surface area contributed by atoms with Gasteiger partial charge in [-0.1, -0.05) is 11.6 Å². The molecule has 0 heterocycles. The van der Waals surface area contributed by atoms with Gasteiger partial charge >= 0.3 is 0 Å². The van der Waals surface area contributed by atoms with Gasteiger partial charge in [-0.25, -0.2) is 0 Å². The molecule has 0 unspecified atom stereocenters. The summed E-state index contributed by atoms with van der Waals surface area (Å²) in [6.07, 6.45) is 0. The number of carbonyl (C=O) groups excluding carboxylic acids is 3. The first-order chi connectivity index (χ1) is 13.3. The Morgan fingerprint density at radius 3 is 2.43 bits per heavy atom. The van der Waals surface area contributed by atoms with Crippen LogP contribution in [0.25, 0.3) is 0 Å². The standard InChI is InChI=1S/C19H20ClN3O5/c1-23(10-17(24)22-15-9-13(20)5-8-16(15)27-2)18(25)11-28-14-6-3-12(4-7-14)19(21)26/h3-9H,10-11H2,1-2H3,(H2,21,26)(H,22,24). The van der Waals surface area contributed by atoms with E-state index in [1.165, 1.54) is 43.3 Å². The summed E-state index contributed by atoms with van der Waals surface area (Å²) in [4.78, 5) is 36.6. The van der Waals surface area contributed by atoms with E-state index >= 15 is 0 Å². The van der Waals surface area contributed by atoms with Crippen molar-refractivity contribution in [1.29, 1.82) is 0 Å². The van der Waals surface area contributed by atoms with E-state index in [4.69, 9.17) is 26.8 Å². The summed E-state index contributed by atoms with van der Waals surface area (Å²) in [5.41, 5.74) is 5.91. The molecule has 0 saturated heterocycles. The van der Waals surface area contributed by atoms with E-state index in [1.54, 1.807) is 18.2 Å². The number of ether oxygens (including phenoxy) is 2. The van der Waals surface area contributed by atoms with Crippen molar-refractivity contribution in [3.63, 3.8) is 0 Å². The van der Waals surface area contributed by atoms with E-state index in [2.05, 4.69) is 5.32 Å². The number of benzene rings is 2. The molecule has 0 atom stereocenters. The van der Waals surface area contributed by atoms with E-state index < -0.39 is 17.7 Å². The minimum Gasteiger partial charge on any atom is -0.495 e. The third kappa shape index (κ3) is 5.88. The number of hydrogen-bond acceptors (Lipinski definition) is 5. The Hall–Kier alpha value is -3.26. The first kappa shape index (κ1) is 21.0. The zero-order chi connectivity index (χ0) is 20.7. The fourth-order valence-corrected chi connectivity index (χ4v) is 2.41. The van der Waals surface area contributed by atoms with Crippen LogP contribution in [0.5, 0.6) is 11.5 Å². The SMILES string of the molecule is COc1ccc(Cl)cc1NC(=O)CN(C)C(=O)COc1ccc(C(N)=O)cc1. The average molecular weight is 406 g/mol. The lowest BCUT2D eigenvalue weighted by Crippen LogP contribution is -2.37. The Morgan fingerprint density at radius 1 is 1.14 bits per heavy atom. The monoisotopic (exact) mass is 405 g/mol. The summed E-state index contributed by atoms with van der Waals surface area (Å²) in [5, 5.41) is 3.09. The van der Waals surface area contributed by atoms with Gasteiger partial charge in [0.25, 0.3) is 5.91 Å². The van der Waals surface area contributed by atoms with Gasteiger partial charge in [-0.05, 0) is 42.5 Å². The Labute approximate surface area is 167 Å². The molecule has 9 heteroatoms. The quantitative estimate of drug-likeness (QED) is 0.697. The predicted octanol–water partition coefficient (Wildman–Crippen LogP) is 1.92. The van der Waals surface area contributed by atoms with Gasteiger partial charge in [0, 0.05) is 17.6 Å². The highest BCUT2D eigenvalue weighted by molar-refractivity contribution is 6.31. The van der Waals surface area contributed by atoms with Gasteiger partial charge in [0.2, 0.25) is 11.8 Å². The van der Waals surface area contributed by atoms with Crippen LogP contribution >= 0.6 is 11.6 Å². The second-order valence-corrected chi connectivity index (χ2v) is 6.26. The van der Waals surface area contributed by atoms with Crippen molar-refractivity contribution in [2.45, 2.75) is 0 Å². The van der Waals surface area contributed by atoms with Crippen LogP contribution in [0, 0.1) is 0 Å². The molecule has 2 aromatic carbocycles. The number of anilines is 1. The topological polar surface area (TPSA) is 111 Å².